The number of carbonyl (C=O) groups is 1. The molecule has 0 radical (unpaired) electrons. The Morgan fingerprint density at radius 1 is 1.21 bits per heavy atom. The van der Waals surface area contributed by atoms with Crippen LogP contribution in [0.15, 0.2) is 23.6 Å². The van der Waals surface area contributed by atoms with Crippen LogP contribution in [0.3, 0.4) is 0 Å². The molecule has 0 unspecified atom stereocenters. The van der Waals surface area contributed by atoms with Gasteiger partial charge in [0, 0.05) is 50.2 Å². The van der Waals surface area contributed by atoms with Gasteiger partial charge in [0.05, 0.1) is 26.3 Å². The molecule has 1 amide bonds. The molecule has 1 fully saturated rings. The zero-order valence-corrected chi connectivity index (χ0v) is 19.1. The Bertz CT molecular complexity index is 770. The van der Waals surface area contributed by atoms with Crippen LogP contribution < -0.4 is 20.1 Å². The van der Waals surface area contributed by atoms with Gasteiger partial charge in [-0.2, -0.15) is 0 Å². The molecule has 10 heteroatoms. The summed E-state index contributed by atoms with van der Waals surface area (Å²) in [6, 6.07) is 5.70. The van der Waals surface area contributed by atoms with E-state index in [1.807, 2.05) is 23.6 Å². The number of ether oxygens (including phenoxy) is 2. The third-order valence-electron chi connectivity index (χ3n) is 4.48. The normalized spacial score (nSPS) is 13.7. The van der Waals surface area contributed by atoms with Gasteiger partial charge in [0.15, 0.2) is 11.5 Å². The van der Waals surface area contributed by atoms with Gasteiger partial charge in [0.2, 0.25) is 5.91 Å². The molecular formula is C19H28Cl2N4O3S. The van der Waals surface area contributed by atoms with Crippen LogP contribution in [0, 0.1) is 0 Å². The molecule has 29 heavy (non-hydrogen) atoms. The molecule has 1 aromatic carbocycles. The number of methoxy groups -OCH3 is 2. The van der Waals surface area contributed by atoms with Gasteiger partial charge in [0.1, 0.15) is 5.01 Å². The van der Waals surface area contributed by atoms with E-state index in [0.717, 1.165) is 49.0 Å². The molecule has 3 rings (SSSR count). The highest BCUT2D eigenvalue weighted by Gasteiger charge is 2.13. The molecule has 0 atom stereocenters. The molecule has 0 bridgehead atoms. The summed E-state index contributed by atoms with van der Waals surface area (Å²) < 4.78 is 10.6. The average Bonchev–Trinajstić information content (AvgIpc) is 3.16. The Hall–Kier alpha value is -1.58. The topological polar surface area (TPSA) is 75.7 Å². The Labute approximate surface area is 188 Å². The Kier molecular flexibility index (Phi) is 11.3. The maximum Gasteiger partial charge on any atom is 0.226 e. The molecule has 2 aromatic rings. The predicted octanol–water partition coefficient (Wildman–Crippen LogP) is 2.23. The van der Waals surface area contributed by atoms with E-state index in [0.29, 0.717) is 24.5 Å². The van der Waals surface area contributed by atoms with E-state index in [1.165, 1.54) is 11.3 Å². The van der Waals surface area contributed by atoms with Crippen LogP contribution >= 0.6 is 36.2 Å². The Morgan fingerprint density at radius 2 is 1.93 bits per heavy atom. The van der Waals surface area contributed by atoms with Crippen LogP contribution in [0.1, 0.15) is 5.69 Å². The van der Waals surface area contributed by atoms with E-state index in [2.05, 4.69) is 20.5 Å². The molecule has 1 aliphatic rings. The lowest BCUT2D eigenvalue weighted by atomic mass is 10.2. The monoisotopic (exact) mass is 462 g/mol. The first-order valence-electron chi connectivity index (χ1n) is 9.06. The fourth-order valence-electron chi connectivity index (χ4n) is 3.01. The number of hydrogen-bond acceptors (Lipinski definition) is 7. The lowest BCUT2D eigenvalue weighted by Crippen LogP contribution is -2.46. The summed E-state index contributed by atoms with van der Waals surface area (Å²) >= 11 is 1.52. The smallest absolute Gasteiger partial charge is 0.226 e. The van der Waals surface area contributed by atoms with Gasteiger partial charge in [-0.3, -0.25) is 9.69 Å². The summed E-state index contributed by atoms with van der Waals surface area (Å²) in [6.45, 7) is 5.68. The highest BCUT2D eigenvalue weighted by molar-refractivity contribution is 7.13. The quantitative estimate of drug-likeness (QED) is 0.626. The van der Waals surface area contributed by atoms with Crippen molar-refractivity contribution in [1.82, 2.24) is 20.5 Å². The van der Waals surface area contributed by atoms with Crippen LogP contribution in [0.2, 0.25) is 0 Å². The number of amides is 1. The standard InChI is InChI=1S/C19H26N4O3S.2ClH/c1-25-16-4-3-14(11-17(16)26-2)19-22-15(13-27-19)12-18(24)21-7-10-23-8-5-20-6-9-23;;/h3-4,11,13,20H,5-10,12H2,1-2H3,(H,21,24);2*1H. The minimum atomic E-state index is 0. The first-order valence-corrected chi connectivity index (χ1v) is 9.94. The maximum absolute atomic E-state index is 12.2. The number of nitrogens with one attached hydrogen (secondary N) is 2. The fraction of sp³-hybridized carbons (Fsp3) is 0.474. The summed E-state index contributed by atoms with van der Waals surface area (Å²) in [4.78, 5) is 19.1. The lowest BCUT2D eigenvalue weighted by Gasteiger charge is -2.27. The number of piperazine rings is 1. The summed E-state index contributed by atoms with van der Waals surface area (Å²) in [5.41, 5.74) is 1.73. The van der Waals surface area contributed by atoms with Crippen molar-refractivity contribution in [2.24, 2.45) is 0 Å². The van der Waals surface area contributed by atoms with Crippen molar-refractivity contribution in [3.8, 4) is 22.1 Å². The van der Waals surface area contributed by atoms with E-state index >= 15 is 0 Å². The minimum Gasteiger partial charge on any atom is -0.493 e. The Morgan fingerprint density at radius 3 is 2.62 bits per heavy atom. The number of aromatic nitrogens is 1. The zero-order valence-electron chi connectivity index (χ0n) is 16.6. The van der Waals surface area contributed by atoms with Crippen molar-refractivity contribution >= 4 is 42.1 Å². The summed E-state index contributed by atoms with van der Waals surface area (Å²) in [5.74, 6) is 1.36. The van der Waals surface area contributed by atoms with E-state index < -0.39 is 0 Å². The van der Waals surface area contributed by atoms with Crippen molar-refractivity contribution in [3.05, 3.63) is 29.3 Å². The molecule has 2 heterocycles. The lowest BCUT2D eigenvalue weighted by molar-refractivity contribution is -0.120. The van der Waals surface area contributed by atoms with Gasteiger partial charge in [-0.25, -0.2) is 4.98 Å². The van der Waals surface area contributed by atoms with Gasteiger partial charge < -0.3 is 20.1 Å². The number of hydrogen-bond donors (Lipinski definition) is 2. The van der Waals surface area contributed by atoms with E-state index in [-0.39, 0.29) is 30.7 Å². The van der Waals surface area contributed by atoms with E-state index in [9.17, 15) is 4.79 Å². The second-order valence-corrected chi connectivity index (χ2v) is 7.19. The molecule has 0 aliphatic carbocycles. The summed E-state index contributed by atoms with van der Waals surface area (Å²) in [6.07, 6.45) is 0.297. The number of carbonyl (C=O) groups excluding carboxylic acids is 1. The van der Waals surface area contributed by atoms with Crippen molar-refractivity contribution in [2.75, 3.05) is 53.5 Å². The van der Waals surface area contributed by atoms with E-state index in [1.54, 1.807) is 14.2 Å². The largest absolute Gasteiger partial charge is 0.493 e. The number of benzene rings is 1. The third-order valence-corrected chi connectivity index (χ3v) is 5.42. The molecule has 1 aromatic heterocycles. The van der Waals surface area contributed by atoms with Crippen LogP contribution in [-0.2, 0) is 11.2 Å². The highest BCUT2D eigenvalue weighted by Crippen LogP contribution is 2.33. The van der Waals surface area contributed by atoms with Crippen LogP contribution in [0.25, 0.3) is 10.6 Å². The molecule has 1 aliphatic heterocycles. The molecule has 0 spiro atoms. The molecule has 1 saturated heterocycles. The van der Waals surface area contributed by atoms with Gasteiger partial charge in [-0.15, -0.1) is 36.2 Å². The maximum atomic E-state index is 12.2. The average molecular weight is 463 g/mol. The number of nitrogens with zero attached hydrogens (tertiary/aromatic N) is 2. The van der Waals surface area contributed by atoms with Gasteiger partial charge in [0.25, 0.3) is 0 Å². The van der Waals surface area contributed by atoms with Gasteiger partial charge in [-0.1, -0.05) is 0 Å². The SMILES string of the molecule is COc1ccc(-c2nc(CC(=O)NCCN3CCNCC3)cs2)cc1OC.Cl.Cl. The first kappa shape index (κ1) is 25.5. The molecule has 0 saturated carbocycles. The fourth-order valence-corrected chi connectivity index (χ4v) is 3.82. The molecular weight excluding hydrogens is 435 g/mol. The van der Waals surface area contributed by atoms with Crippen LogP contribution in [0.5, 0.6) is 11.5 Å². The van der Waals surface area contributed by atoms with Gasteiger partial charge in [-0.05, 0) is 18.2 Å². The van der Waals surface area contributed by atoms with Gasteiger partial charge >= 0.3 is 0 Å². The molecule has 162 valence electrons. The summed E-state index contributed by atoms with van der Waals surface area (Å²) in [7, 11) is 3.22. The first-order chi connectivity index (χ1) is 13.2. The zero-order chi connectivity index (χ0) is 19.1. The summed E-state index contributed by atoms with van der Waals surface area (Å²) in [5, 5.41) is 9.11. The predicted molar refractivity (Wildman–Crippen MR) is 121 cm³/mol. The third kappa shape index (κ3) is 7.31. The second kappa shape index (κ2) is 12.9. The van der Waals surface area contributed by atoms with Crippen molar-refractivity contribution in [3.63, 3.8) is 0 Å². The number of thiazole rings is 1. The van der Waals surface area contributed by atoms with Crippen LogP contribution in [0.4, 0.5) is 0 Å². The second-order valence-electron chi connectivity index (χ2n) is 6.33. The minimum absolute atomic E-state index is 0. The molecule has 2 N–H and O–H groups in total. The van der Waals surface area contributed by atoms with Crippen molar-refractivity contribution in [1.29, 1.82) is 0 Å². The van der Waals surface area contributed by atoms with Crippen molar-refractivity contribution in [2.45, 2.75) is 6.42 Å². The van der Waals surface area contributed by atoms with E-state index in [4.69, 9.17) is 9.47 Å². The number of halogens is 2. The highest BCUT2D eigenvalue weighted by atomic mass is 35.5. The Balaban J connectivity index is 0.00000210. The van der Waals surface area contributed by atoms with Crippen molar-refractivity contribution < 1.29 is 14.3 Å². The molecule has 7 nitrogen and oxygen atoms in total. The number of rotatable bonds is 8. The van der Waals surface area contributed by atoms with Crippen LogP contribution in [-0.4, -0.2) is 69.3 Å².